The molecule has 30 heavy (non-hydrogen) atoms. The number of ether oxygens (including phenoxy) is 1. The first-order valence-corrected chi connectivity index (χ1v) is 10.2. The molecular weight excluding hydrogens is 380 g/mol. The molecule has 1 unspecified atom stereocenters. The number of rotatable bonds is 3. The van der Waals surface area contributed by atoms with Crippen molar-refractivity contribution in [3.8, 4) is 0 Å². The number of carbonyl (C=O) groups excluding carboxylic acids is 2. The van der Waals surface area contributed by atoms with Gasteiger partial charge < -0.3 is 14.6 Å². The summed E-state index contributed by atoms with van der Waals surface area (Å²) in [6.07, 6.45) is 1.29. The number of amides is 2. The third-order valence-corrected chi connectivity index (χ3v) is 5.01. The van der Waals surface area contributed by atoms with Gasteiger partial charge in [-0.1, -0.05) is 12.1 Å². The van der Waals surface area contributed by atoms with Crippen LogP contribution < -0.4 is 5.32 Å². The van der Waals surface area contributed by atoms with Gasteiger partial charge in [0, 0.05) is 17.8 Å². The first kappa shape index (κ1) is 19.9. The van der Waals surface area contributed by atoms with Crippen LogP contribution in [0.1, 0.15) is 55.8 Å². The fourth-order valence-electron chi connectivity index (χ4n) is 3.71. The minimum Gasteiger partial charge on any atom is -0.444 e. The molecule has 2 amide bonds. The maximum Gasteiger partial charge on any atom is 0.412 e. The van der Waals surface area contributed by atoms with Crippen LogP contribution in [0.5, 0.6) is 0 Å². The number of hydrogen-bond donors (Lipinski definition) is 2. The van der Waals surface area contributed by atoms with Crippen molar-refractivity contribution >= 4 is 28.7 Å². The molecule has 1 aliphatic rings. The van der Waals surface area contributed by atoms with Gasteiger partial charge in [0.1, 0.15) is 11.4 Å². The highest BCUT2D eigenvalue weighted by atomic mass is 16.6. The lowest BCUT2D eigenvalue weighted by molar-refractivity contribution is 0.0635. The molecular formula is C23H26N4O3. The van der Waals surface area contributed by atoms with Crippen LogP contribution in [0.3, 0.4) is 0 Å². The summed E-state index contributed by atoms with van der Waals surface area (Å²) in [4.78, 5) is 35.0. The molecule has 1 atom stereocenters. The Kier molecular flexibility index (Phi) is 5.20. The van der Waals surface area contributed by atoms with Gasteiger partial charge in [0.25, 0.3) is 5.91 Å². The second-order valence-corrected chi connectivity index (χ2v) is 8.50. The smallest absolute Gasteiger partial charge is 0.412 e. The van der Waals surface area contributed by atoms with Crippen LogP contribution in [0, 0.1) is 0 Å². The van der Waals surface area contributed by atoms with Crippen LogP contribution in [0.15, 0.2) is 48.5 Å². The Morgan fingerprint density at radius 3 is 2.57 bits per heavy atom. The van der Waals surface area contributed by atoms with Crippen LogP contribution >= 0.6 is 0 Å². The molecule has 0 radical (unpaired) electrons. The highest BCUT2D eigenvalue weighted by Crippen LogP contribution is 2.32. The zero-order chi connectivity index (χ0) is 21.3. The molecule has 0 bridgehead atoms. The molecule has 0 aliphatic carbocycles. The summed E-state index contributed by atoms with van der Waals surface area (Å²) < 4.78 is 5.25. The Balaban J connectivity index is 1.47. The van der Waals surface area contributed by atoms with Crippen LogP contribution in [-0.4, -0.2) is 39.0 Å². The monoisotopic (exact) mass is 406 g/mol. The largest absolute Gasteiger partial charge is 0.444 e. The Morgan fingerprint density at radius 2 is 1.87 bits per heavy atom. The van der Waals surface area contributed by atoms with Gasteiger partial charge >= 0.3 is 6.09 Å². The Morgan fingerprint density at radius 1 is 1.13 bits per heavy atom. The number of likely N-dealkylation sites (tertiary alicyclic amines) is 1. The van der Waals surface area contributed by atoms with Gasteiger partial charge in [-0.3, -0.25) is 10.1 Å². The molecule has 1 aliphatic heterocycles. The van der Waals surface area contributed by atoms with Gasteiger partial charge in [0.2, 0.25) is 0 Å². The van der Waals surface area contributed by atoms with Crippen LogP contribution in [0.25, 0.3) is 11.0 Å². The van der Waals surface area contributed by atoms with Crippen LogP contribution in [-0.2, 0) is 4.74 Å². The maximum atomic E-state index is 13.1. The first-order valence-electron chi connectivity index (χ1n) is 10.2. The number of benzene rings is 2. The predicted octanol–water partition coefficient (Wildman–Crippen LogP) is 4.89. The summed E-state index contributed by atoms with van der Waals surface area (Å²) in [7, 11) is 0. The summed E-state index contributed by atoms with van der Waals surface area (Å²) in [5, 5.41) is 2.68. The second-order valence-electron chi connectivity index (χ2n) is 8.50. The van der Waals surface area contributed by atoms with E-state index in [2.05, 4.69) is 15.3 Å². The minimum absolute atomic E-state index is 0.0400. The number of H-pyrrole nitrogens is 1. The van der Waals surface area contributed by atoms with Crippen molar-refractivity contribution in [2.24, 2.45) is 0 Å². The van der Waals surface area contributed by atoms with Crippen molar-refractivity contribution < 1.29 is 14.3 Å². The Labute approximate surface area is 175 Å². The van der Waals surface area contributed by atoms with Gasteiger partial charge in [-0.2, -0.15) is 0 Å². The SMILES string of the molecule is CC(C)(C)OC(=O)Nc1ccc(C(=O)N2CCCC2c2nc3ccccc3[nH]2)cc1. The number of para-hydroxylation sites is 2. The number of hydrogen-bond acceptors (Lipinski definition) is 4. The molecule has 3 aromatic rings. The fourth-order valence-corrected chi connectivity index (χ4v) is 3.71. The Hall–Kier alpha value is -3.35. The number of nitrogens with one attached hydrogen (secondary N) is 2. The van der Waals surface area contributed by atoms with E-state index >= 15 is 0 Å². The van der Waals surface area contributed by atoms with E-state index in [-0.39, 0.29) is 11.9 Å². The molecule has 1 saturated heterocycles. The van der Waals surface area contributed by atoms with Crippen LogP contribution in [0.4, 0.5) is 10.5 Å². The Bertz CT molecular complexity index is 1030. The zero-order valence-electron chi connectivity index (χ0n) is 17.4. The molecule has 2 aromatic carbocycles. The molecule has 7 heteroatoms. The number of aromatic amines is 1. The van der Waals surface area contributed by atoms with Crippen molar-refractivity contribution in [2.45, 2.75) is 45.3 Å². The third-order valence-electron chi connectivity index (χ3n) is 5.01. The van der Waals surface area contributed by atoms with E-state index in [1.807, 2.05) is 49.9 Å². The summed E-state index contributed by atoms with van der Waals surface area (Å²) in [6, 6.07) is 14.7. The molecule has 2 N–H and O–H groups in total. The molecule has 1 aromatic heterocycles. The van der Waals surface area contributed by atoms with E-state index in [4.69, 9.17) is 4.74 Å². The third kappa shape index (κ3) is 4.30. The van der Waals surface area contributed by atoms with E-state index in [1.54, 1.807) is 24.3 Å². The van der Waals surface area contributed by atoms with E-state index in [1.165, 1.54) is 0 Å². The lowest BCUT2D eigenvalue weighted by Crippen LogP contribution is -2.31. The second kappa shape index (κ2) is 7.82. The highest BCUT2D eigenvalue weighted by molar-refractivity contribution is 5.95. The van der Waals surface area contributed by atoms with Crippen molar-refractivity contribution in [3.05, 3.63) is 59.9 Å². The van der Waals surface area contributed by atoms with E-state index < -0.39 is 11.7 Å². The van der Waals surface area contributed by atoms with E-state index in [9.17, 15) is 9.59 Å². The molecule has 4 rings (SSSR count). The standard InChI is InChI=1S/C23H26N4O3/c1-23(2,3)30-22(29)24-16-12-10-15(11-13-16)21(28)27-14-6-9-19(27)20-25-17-7-4-5-8-18(17)26-20/h4-5,7-8,10-13,19H,6,9,14H2,1-3H3,(H,24,29)(H,25,26). The van der Waals surface area contributed by atoms with Crippen molar-refractivity contribution in [2.75, 3.05) is 11.9 Å². The van der Waals surface area contributed by atoms with Gasteiger partial charge in [-0.05, 0) is 70.0 Å². The average Bonchev–Trinajstić information content (AvgIpc) is 3.33. The zero-order valence-corrected chi connectivity index (χ0v) is 17.4. The predicted molar refractivity (Wildman–Crippen MR) is 115 cm³/mol. The fraction of sp³-hybridized carbons (Fsp3) is 0.348. The topological polar surface area (TPSA) is 87.3 Å². The average molecular weight is 406 g/mol. The summed E-state index contributed by atoms with van der Waals surface area (Å²) in [5.74, 6) is 0.784. The number of carbonyl (C=O) groups is 2. The number of nitrogens with zero attached hydrogens (tertiary/aromatic N) is 2. The van der Waals surface area contributed by atoms with Gasteiger partial charge in [-0.25, -0.2) is 9.78 Å². The molecule has 7 nitrogen and oxygen atoms in total. The van der Waals surface area contributed by atoms with E-state index in [0.717, 1.165) is 29.7 Å². The normalized spacial score (nSPS) is 16.6. The molecule has 0 spiro atoms. The van der Waals surface area contributed by atoms with E-state index in [0.29, 0.717) is 17.8 Å². The number of anilines is 1. The lowest BCUT2D eigenvalue weighted by atomic mass is 10.1. The van der Waals surface area contributed by atoms with Gasteiger partial charge in [0.05, 0.1) is 17.1 Å². The molecule has 2 heterocycles. The number of fused-ring (bicyclic) bond motifs is 1. The minimum atomic E-state index is -0.568. The van der Waals surface area contributed by atoms with Crippen molar-refractivity contribution in [1.29, 1.82) is 0 Å². The lowest BCUT2D eigenvalue weighted by Gasteiger charge is -2.23. The summed E-state index contributed by atoms with van der Waals surface area (Å²) in [5.41, 5.74) is 2.47. The van der Waals surface area contributed by atoms with Gasteiger partial charge in [0.15, 0.2) is 0 Å². The quantitative estimate of drug-likeness (QED) is 0.648. The number of imidazole rings is 1. The maximum absolute atomic E-state index is 13.1. The first-order chi connectivity index (χ1) is 14.3. The summed E-state index contributed by atoms with van der Waals surface area (Å²) >= 11 is 0. The van der Waals surface area contributed by atoms with Crippen LogP contribution in [0.2, 0.25) is 0 Å². The van der Waals surface area contributed by atoms with Gasteiger partial charge in [-0.15, -0.1) is 0 Å². The van der Waals surface area contributed by atoms with Crippen molar-refractivity contribution in [1.82, 2.24) is 14.9 Å². The molecule has 1 fully saturated rings. The highest BCUT2D eigenvalue weighted by Gasteiger charge is 2.32. The molecule has 156 valence electrons. The molecule has 0 saturated carbocycles. The van der Waals surface area contributed by atoms with Crippen molar-refractivity contribution in [3.63, 3.8) is 0 Å². The summed E-state index contributed by atoms with van der Waals surface area (Å²) in [6.45, 7) is 6.12. The number of aromatic nitrogens is 2.